The van der Waals surface area contributed by atoms with Gasteiger partial charge < -0.3 is 10.2 Å². The molecule has 168 valence electrons. The van der Waals surface area contributed by atoms with Crippen molar-refractivity contribution in [2.45, 2.75) is 50.7 Å². The molecule has 2 fully saturated rings. The van der Waals surface area contributed by atoms with Crippen molar-refractivity contribution >= 4 is 5.91 Å². The number of carbonyl (C=O) groups is 1. The number of alkyl halides is 2. The minimum absolute atomic E-state index is 0.135. The van der Waals surface area contributed by atoms with Gasteiger partial charge in [-0.25, -0.2) is 0 Å². The van der Waals surface area contributed by atoms with E-state index in [0.29, 0.717) is 55.8 Å². The van der Waals surface area contributed by atoms with Gasteiger partial charge in [0.1, 0.15) is 0 Å². The van der Waals surface area contributed by atoms with Crippen LogP contribution in [-0.4, -0.2) is 33.4 Å². The predicted molar refractivity (Wildman–Crippen MR) is 117 cm³/mol. The molecule has 2 atom stereocenters. The van der Waals surface area contributed by atoms with Crippen LogP contribution in [0.25, 0.3) is 0 Å². The minimum Gasteiger partial charge on any atom is -0.338 e. The lowest BCUT2D eigenvalue weighted by molar-refractivity contribution is -0.132. The largest absolute Gasteiger partial charge is 0.338 e. The quantitative estimate of drug-likeness (QED) is 0.668. The van der Waals surface area contributed by atoms with Crippen molar-refractivity contribution in [2.75, 3.05) is 6.54 Å². The van der Waals surface area contributed by atoms with Crippen LogP contribution in [0.2, 0.25) is 0 Å². The summed E-state index contributed by atoms with van der Waals surface area (Å²) in [6.07, 6.45) is 8.94. The van der Waals surface area contributed by atoms with E-state index in [1.165, 1.54) is 17.8 Å². The summed E-state index contributed by atoms with van der Waals surface area (Å²) in [5.41, 5.74) is 2.55. The van der Waals surface area contributed by atoms with E-state index in [-0.39, 0.29) is 11.5 Å². The van der Waals surface area contributed by atoms with Crippen molar-refractivity contribution in [1.29, 1.82) is 0 Å². The zero-order valence-electron chi connectivity index (χ0n) is 18.0. The van der Waals surface area contributed by atoms with E-state index < -0.39 is 5.92 Å². The molecule has 0 saturated heterocycles. The number of pyridine rings is 2. The first-order valence-electron chi connectivity index (χ1n) is 11.3. The molecular weight excluding hydrogens is 410 g/mol. The molecule has 3 heterocycles. The highest BCUT2D eigenvalue weighted by molar-refractivity contribution is 5.77. The highest BCUT2D eigenvalue weighted by atomic mass is 19.3. The number of hydrogen-bond donors (Lipinski definition) is 1. The van der Waals surface area contributed by atoms with Crippen LogP contribution in [-0.2, 0) is 30.2 Å². The molecule has 2 aromatic heterocycles. The van der Waals surface area contributed by atoms with Gasteiger partial charge in [0.25, 0.3) is 5.92 Å². The number of amides is 1. The molecule has 1 N–H and O–H groups in total. The van der Waals surface area contributed by atoms with E-state index >= 15 is 0 Å². The summed E-state index contributed by atoms with van der Waals surface area (Å²) in [5.74, 6) is -1.25. The Labute approximate surface area is 186 Å². The Bertz CT molecular complexity index is 1000. The number of allylic oxidation sites excluding steroid dienone is 1. The van der Waals surface area contributed by atoms with Crippen LogP contribution >= 0.6 is 0 Å². The topological polar surface area (TPSA) is 58.1 Å². The fourth-order valence-corrected chi connectivity index (χ4v) is 5.48. The van der Waals surface area contributed by atoms with Crippen LogP contribution in [0.3, 0.4) is 0 Å². The highest BCUT2D eigenvalue weighted by Crippen LogP contribution is 2.59. The Morgan fingerprint density at radius 2 is 2.12 bits per heavy atom. The molecular formula is C25H28F2N4O. The molecule has 2 saturated carbocycles. The number of fused-ring (bicyclic) bond motifs is 2. The number of halogens is 2. The number of carbonyl (C=O) groups excluding carboxylic acids is 1. The number of rotatable bonds is 7. The number of nitrogens with zero attached hydrogens (tertiary/aromatic N) is 3. The molecule has 0 aromatic carbocycles. The van der Waals surface area contributed by atoms with Gasteiger partial charge in [0, 0.05) is 68.4 Å². The van der Waals surface area contributed by atoms with E-state index in [2.05, 4.69) is 27.9 Å². The van der Waals surface area contributed by atoms with Gasteiger partial charge in [-0.15, -0.1) is 0 Å². The van der Waals surface area contributed by atoms with Crippen molar-refractivity contribution in [1.82, 2.24) is 20.2 Å². The lowest BCUT2D eigenvalue weighted by atomic mass is 10.00. The van der Waals surface area contributed by atoms with Crippen LogP contribution in [0.1, 0.15) is 41.6 Å². The molecule has 5 rings (SSSR count). The SMILES string of the molecule is C=CC(F)(F)c1cnc2c(c1)CN(C(=O)CC1C3CC(NCc4cccnc4)CC13)CC2. The zero-order chi connectivity index (χ0) is 22.3. The fraction of sp³-hybridized carbons (Fsp3) is 0.480. The third-order valence-corrected chi connectivity index (χ3v) is 7.38. The molecule has 1 aliphatic heterocycles. The third kappa shape index (κ3) is 4.18. The van der Waals surface area contributed by atoms with Crippen molar-refractivity contribution in [2.24, 2.45) is 17.8 Å². The lowest BCUT2D eigenvalue weighted by Crippen LogP contribution is -2.37. The normalized spacial score (nSPS) is 26.4. The van der Waals surface area contributed by atoms with Gasteiger partial charge >= 0.3 is 0 Å². The second-order valence-corrected chi connectivity index (χ2v) is 9.33. The van der Waals surface area contributed by atoms with E-state index in [9.17, 15) is 13.6 Å². The summed E-state index contributed by atoms with van der Waals surface area (Å²) in [6, 6.07) is 6.01. The Morgan fingerprint density at radius 3 is 2.84 bits per heavy atom. The third-order valence-electron chi connectivity index (χ3n) is 7.38. The summed E-state index contributed by atoms with van der Waals surface area (Å²) in [4.78, 5) is 23.1. The molecule has 1 amide bonds. The second kappa shape index (κ2) is 8.35. The number of nitrogens with one attached hydrogen (secondary N) is 1. The lowest BCUT2D eigenvalue weighted by Gasteiger charge is -2.29. The van der Waals surface area contributed by atoms with E-state index in [1.807, 2.05) is 17.2 Å². The van der Waals surface area contributed by atoms with Gasteiger partial charge in [0.15, 0.2) is 0 Å². The van der Waals surface area contributed by atoms with E-state index in [1.54, 1.807) is 6.20 Å². The van der Waals surface area contributed by atoms with Gasteiger partial charge in [0.05, 0.1) is 0 Å². The number of hydrogen-bond acceptors (Lipinski definition) is 4. The molecule has 0 bridgehead atoms. The molecule has 5 nitrogen and oxygen atoms in total. The van der Waals surface area contributed by atoms with Crippen LogP contribution < -0.4 is 5.32 Å². The molecule has 3 aliphatic rings. The molecule has 2 unspecified atom stereocenters. The van der Waals surface area contributed by atoms with Crippen molar-refractivity contribution in [3.05, 3.63) is 71.8 Å². The Hall–Kier alpha value is -2.67. The van der Waals surface area contributed by atoms with E-state index in [4.69, 9.17) is 0 Å². The summed E-state index contributed by atoms with van der Waals surface area (Å²) in [5, 5.41) is 3.62. The van der Waals surface area contributed by atoms with Gasteiger partial charge in [-0.1, -0.05) is 12.6 Å². The highest BCUT2D eigenvalue weighted by Gasteiger charge is 2.56. The van der Waals surface area contributed by atoms with E-state index in [0.717, 1.165) is 30.6 Å². The van der Waals surface area contributed by atoms with Crippen LogP contribution in [0.15, 0.2) is 49.4 Å². The van der Waals surface area contributed by atoms with Gasteiger partial charge in [-0.2, -0.15) is 8.78 Å². The zero-order valence-corrected chi connectivity index (χ0v) is 18.0. The maximum atomic E-state index is 14.0. The molecule has 2 aliphatic carbocycles. The Kier molecular flexibility index (Phi) is 5.53. The van der Waals surface area contributed by atoms with Gasteiger partial charge in [-0.3, -0.25) is 14.8 Å². The summed E-state index contributed by atoms with van der Waals surface area (Å²) in [7, 11) is 0. The smallest absolute Gasteiger partial charge is 0.292 e. The standard InChI is InChI=1S/C25H28F2N4O/c1-2-25(26,27)18-8-17-15-31(7-5-23(17)30-14-18)24(32)11-22-20-9-19(10-21(20)22)29-13-16-4-3-6-28-12-16/h2-4,6,8,12,14,19-22,29H,1,5,7,9-11,13,15H2. The van der Waals surface area contributed by atoms with Gasteiger partial charge in [-0.05, 0) is 59.9 Å². The van der Waals surface area contributed by atoms with Crippen molar-refractivity contribution in [3.8, 4) is 0 Å². The Balaban J connectivity index is 1.12. The molecule has 32 heavy (non-hydrogen) atoms. The maximum Gasteiger partial charge on any atom is 0.292 e. The van der Waals surface area contributed by atoms with Crippen LogP contribution in [0.4, 0.5) is 8.78 Å². The average Bonchev–Trinajstić information content (AvgIpc) is 3.25. The molecule has 0 spiro atoms. The van der Waals surface area contributed by atoms with Gasteiger partial charge in [0.2, 0.25) is 5.91 Å². The minimum atomic E-state index is -3.11. The average molecular weight is 439 g/mol. The predicted octanol–water partition coefficient (Wildman–Crippen LogP) is 3.84. The monoisotopic (exact) mass is 438 g/mol. The Morgan fingerprint density at radius 1 is 1.31 bits per heavy atom. The molecule has 0 radical (unpaired) electrons. The maximum absolute atomic E-state index is 14.0. The summed E-state index contributed by atoms with van der Waals surface area (Å²) >= 11 is 0. The first-order chi connectivity index (χ1) is 15.4. The number of aromatic nitrogens is 2. The van der Waals surface area contributed by atoms with Crippen molar-refractivity contribution in [3.63, 3.8) is 0 Å². The first kappa shape index (κ1) is 21.2. The fourth-order valence-electron chi connectivity index (χ4n) is 5.48. The van der Waals surface area contributed by atoms with Crippen molar-refractivity contribution < 1.29 is 13.6 Å². The molecule has 7 heteroatoms. The second-order valence-electron chi connectivity index (χ2n) is 9.33. The summed E-state index contributed by atoms with van der Waals surface area (Å²) < 4.78 is 27.9. The first-order valence-corrected chi connectivity index (χ1v) is 11.3. The molecule has 2 aromatic rings. The summed E-state index contributed by atoms with van der Waals surface area (Å²) in [6.45, 7) is 5.01. The van der Waals surface area contributed by atoms with Crippen LogP contribution in [0.5, 0.6) is 0 Å². The van der Waals surface area contributed by atoms with Crippen LogP contribution in [0, 0.1) is 17.8 Å².